The molecule has 1 N–H and O–H groups in total. The van der Waals surface area contributed by atoms with E-state index in [2.05, 4.69) is 5.32 Å². The highest BCUT2D eigenvalue weighted by Crippen LogP contribution is 2.33. The first-order chi connectivity index (χ1) is 13.3. The zero-order valence-electron chi connectivity index (χ0n) is 17.5. The van der Waals surface area contributed by atoms with Crippen molar-refractivity contribution in [3.05, 3.63) is 47.3 Å². The summed E-state index contributed by atoms with van der Waals surface area (Å²) in [5, 5.41) is 3.25. The molecule has 160 valence electrons. The van der Waals surface area contributed by atoms with E-state index in [1.807, 2.05) is 38.1 Å². The molecule has 3 rings (SSSR count). The lowest BCUT2D eigenvalue weighted by Gasteiger charge is -2.32. The van der Waals surface area contributed by atoms with Gasteiger partial charge in [-0.3, -0.25) is 9.59 Å². The molecule has 0 spiro atoms. The van der Waals surface area contributed by atoms with E-state index < -0.39 is 5.41 Å². The minimum atomic E-state index is -0.721. The second-order valence-electron chi connectivity index (χ2n) is 7.82. The average Bonchev–Trinajstić information content (AvgIpc) is 3.37. The summed E-state index contributed by atoms with van der Waals surface area (Å²) in [5.41, 5.74) is -0.721. The molecule has 1 aliphatic rings. The third kappa shape index (κ3) is 5.42. The lowest BCUT2D eigenvalue weighted by Crippen LogP contribution is -2.46. The Morgan fingerprint density at radius 3 is 2.00 bits per heavy atom. The predicted octanol–water partition coefficient (Wildman–Crippen LogP) is 2.90. The molecule has 0 saturated carbocycles. The van der Waals surface area contributed by atoms with Crippen LogP contribution in [0, 0.1) is 19.3 Å². The van der Waals surface area contributed by atoms with Crippen LogP contribution in [0.2, 0.25) is 0 Å². The van der Waals surface area contributed by atoms with Crippen molar-refractivity contribution < 1.29 is 18.4 Å². The Balaban J connectivity index is 0.00000300. The van der Waals surface area contributed by atoms with E-state index in [1.54, 1.807) is 23.9 Å². The number of amides is 2. The summed E-state index contributed by atoms with van der Waals surface area (Å²) in [6.45, 7) is 5.78. The van der Waals surface area contributed by atoms with Crippen molar-refractivity contribution in [2.75, 3.05) is 27.2 Å². The van der Waals surface area contributed by atoms with E-state index in [0.29, 0.717) is 26.1 Å². The van der Waals surface area contributed by atoms with Crippen LogP contribution in [-0.4, -0.2) is 48.8 Å². The topological polar surface area (TPSA) is 78.9 Å². The number of carbonyl (C=O) groups is 2. The maximum absolute atomic E-state index is 13.3. The molecule has 0 aromatic carbocycles. The van der Waals surface area contributed by atoms with Crippen molar-refractivity contribution >= 4 is 24.2 Å². The quantitative estimate of drug-likeness (QED) is 0.740. The first-order valence-electron chi connectivity index (χ1n) is 9.60. The number of aryl methyl sites for hydroxylation is 2. The molecule has 0 radical (unpaired) electrons. The summed E-state index contributed by atoms with van der Waals surface area (Å²) >= 11 is 0. The van der Waals surface area contributed by atoms with Gasteiger partial charge in [-0.2, -0.15) is 0 Å². The molecule has 7 nitrogen and oxygen atoms in total. The predicted molar refractivity (Wildman–Crippen MR) is 112 cm³/mol. The van der Waals surface area contributed by atoms with E-state index in [-0.39, 0.29) is 30.6 Å². The molecule has 2 aromatic rings. The fourth-order valence-electron chi connectivity index (χ4n) is 3.75. The summed E-state index contributed by atoms with van der Waals surface area (Å²) in [4.78, 5) is 29.4. The fourth-order valence-corrected chi connectivity index (χ4v) is 3.75. The van der Waals surface area contributed by atoms with Crippen LogP contribution in [0.1, 0.15) is 35.9 Å². The van der Waals surface area contributed by atoms with Crippen LogP contribution in [-0.2, 0) is 22.7 Å². The maximum Gasteiger partial charge on any atom is 0.230 e. The molecule has 1 unspecified atom stereocenters. The van der Waals surface area contributed by atoms with Crippen molar-refractivity contribution in [1.29, 1.82) is 0 Å². The zero-order valence-corrected chi connectivity index (χ0v) is 18.3. The van der Waals surface area contributed by atoms with Gasteiger partial charge in [-0.05, 0) is 51.1 Å². The van der Waals surface area contributed by atoms with Crippen LogP contribution in [0.4, 0.5) is 0 Å². The Kier molecular flexibility index (Phi) is 7.54. The number of halogens is 1. The first kappa shape index (κ1) is 23.0. The third-order valence-electron chi connectivity index (χ3n) is 5.34. The van der Waals surface area contributed by atoms with E-state index in [9.17, 15) is 9.59 Å². The van der Waals surface area contributed by atoms with E-state index in [1.165, 1.54) is 0 Å². The summed E-state index contributed by atoms with van der Waals surface area (Å²) in [5.74, 6) is 3.03. The molecule has 29 heavy (non-hydrogen) atoms. The molecule has 0 bridgehead atoms. The Morgan fingerprint density at radius 2 is 1.55 bits per heavy atom. The second-order valence-corrected chi connectivity index (χ2v) is 7.82. The van der Waals surface area contributed by atoms with Crippen molar-refractivity contribution in [3.8, 4) is 0 Å². The van der Waals surface area contributed by atoms with Gasteiger partial charge < -0.3 is 24.0 Å². The van der Waals surface area contributed by atoms with Gasteiger partial charge in [-0.1, -0.05) is 0 Å². The smallest absolute Gasteiger partial charge is 0.230 e. The van der Waals surface area contributed by atoms with Crippen LogP contribution in [0.3, 0.4) is 0 Å². The Hall–Kier alpha value is -2.25. The number of nitrogens with zero attached hydrogens (tertiary/aromatic N) is 2. The minimum absolute atomic E-state index is 0. The highest BCUT2D eigenvalue weighted by Gasteiger charge is 2.45. The Morgan fingerprint density at radius 1 is 1.00 bits per heavy atom. The van der Waals surface area contributed by atoms with Gasteiger partial charge >= 0.3 is 0 Å². The van der Waals surface area contributed by atoms with Crippen molar-refractivity contribution in [2.24, 2.45) is 5.41 Å². The van der Waals surface area contributed by atoms with Crippen molar-refractivity contribution in [1.82, 2.24) is 15.1 Å². The molecule has 1 saturated heterocycles. The van der Waals surface area contributed by atoms with Crippen LogP contribution in [0.15, 0.2) is 33.1 Å². The van der Waals surface area contributed by atoms with Crippen LogP contribution >= 0.6 is 12.4 Å². The largest absolute Gasteiger partial charge is 0.464 e. The first-order valence-corrected chi connectivity index (χ1v) is 9.60. The monoisotopic (exact) mass is 423 g/mol. The van der Waals surface area contributed by atoms with Gasteiger partial charge in [0, 0.05) is 27.1 Å². The summed E-state index contributed by atoms with van der Waals surface area (Å²) in [7, 11) is 3.51. The minimum Gasteiger partial charge on any atom is -0.464 e. The van der Waals surface area contributed by atoms with E-state index in [4.69, 9.17) is 8.83 Å². The maximum atomic E-state index is 13.3. The lowest BCUT2D eigenvalue weighted by atomic mass is 9.81. The molecule has 2 aromatic heterocycles. The third-order valence-corrected chi connectivity index (χ3v) is 5.34. The highest BCUT2D eigenvalue weighted by atomic mass is 35.5. The van der Waals surface area contributed by atoms with Crippen LogP contribution in [0.5, 0.6) is 0 Å². The highest BCUT2D eigenvalue weighted by molar-refractivity contribution is 5.89. The summed E-state index contributed by atoms with van der Waals surface area (Å²) in [6, 6.07) is 7.51. The van der Waals surface area contributed by atoms with E-state index in [0.717, 1.165) is 29.6 Å². The van der Waals surface area contributed by atoms with Gasteiger partial charge in [0.1, 0.15) is 23.0 Å². The van der Waals surface area contributed by atoms with Gasteiger partial charge in [-0.25, -0.2) is 0 Å². The number of carbonyl (C=O) groups excluding carboxylic acids is 2. The lowest BCUT2D eigenvalue weighted by molar-refractivity contribution is -0.146. The number of nitrogens with one attached hydrogen (secondary N) is 1. The molecule has 1 atom stereocenters. The molecule has 0 aliphatic carbocycles. The fraction of sp³-hybridized carbons (Fsp3) is 0.524. The molecular formula is C21H30ClN3O4. The average molecular weight is 424 g/mol. The van der Waals surface area contributed by atoms with Gasteiger partial charge in [0.15, 0.2) is 0 Å². The SMILES string of the molecule is Cc1ccc(CN(C)C(=O)CC2(C(=O)N(C)Cc3ccc(C)o3)CCNC2)o1.Cl. The zero-order chi connectivity index (χ0) is 20.3. The number of hydrogen-bond donors (Lipinski definition) is 1. The molecule has 3 heterocycles. The normalized spacial score (nSPS) is 18.3. The summed E-state index contributed by atoms with van der Waals surface area (Å²) in [6.07, 6.45) is 0.823. The molecule has 1 aliphatic heterocycles. The molecular weight excluding hydrogens is 394 g/mol. The second kappa shape index (κ2) is 9.50. The number of furan rings is 2. The number of hydrogen-bond acceptors (Lipinski definition) is 5. The standard InChI is InChI=1S/C21H29N3O4.ClH/c1-15-5-7-17(27-15)12-23(3)19(25)11-21(9-10-22-14-21)20(26)24(4)13-18-8-6-16(2)28-18;/h5-8,22H,9-14H2,1-4H3;1H. The Labute approximate surface area is 177 Å². The van der Waals surface area contributed by atoms with E-state index >= 15 is 0 Å². The summed E-state index contributed by atoms with van der Waals surface area (Å²) < 4.78 is 11.2. The number of rotatable bonds is 7. The van der Waals surface area contributed by atoms with Gasteiger partial charge in [0.05, 0.1) is 18.5 Å². The van der Waals surface area contributed by atoms with Gasteiger partial charge in [0.2, 0.25) is 11.8 Å². The molecule has 1 fully saturated rings. The Bertz CT molecular complexity index is 839. The van der Waals surface area contributed by atoms with Crippen LogP contribution in [0.25, 0.3) is 0 Å². The van der Waals surface area contributed by atoms with Crippen molar-refractivity contribution in [3.63, 3.8) is 0 Å². The van der Waals surface area contributed by atoms with Gasteiger partial charge in [0.25, 0.3) is 0 Å². The van der Waals surface area contributed by atoms with Crippen molar-refractivity contribution in [2.45, 2.75) is 39.8 Å². The molecule has 2 amide bonds. The van der Waals surface area contributed by atoms with Gasteiger partial charge in [-0.15, -0.1) is 12.4 Å². The molecule has 8 heteroatoms. The van der Waals surface area contributed by atoms with Crippen LogP contribution < -0.4 is 5.32 Å².